The van der Waals surface area contributed by atoms with Gasteiger partial charge in [0.1, 0.15) is 5.75 Å². The molecule has 0 atom stereocenters. The Bertz CT molecular complexity index is 594. The van der Waals surface area contributed by atoms with E-state index in [0.29, 0.717) is 11.1 Å². The third kappa shape index (κ3) is 4.67. The quantitative estimate of drug-likeness (QED) is 0.579. The zero-order valence-electron chi connectivity index (χ0n) is 9.33. The number of phenolic OH excluding ortho intramolecular Hbond substituents is 1. The maximum absolute atomic E-state index is 10.9. The second-order valence-corrected chi connectivity index (χ2v) is 3.59. The number of aromatic hydroxyl groups is 1. The molecule has 2 aromatic carbocycles. The van der Waals surface area contributed by atoms with Gasteiger partial charge in [0.05, 0.1) is 11.3 Å². The number of aromatic carboxylic acids is 1. The first-order valence-corrected chi connectivity index (χ1v) is 5.01. The molecular weight excluding hydrogens is 300 g/mol. The molecule has 0 aromatic heterocycles. The number of carboxylic acid groups (broad SMARTS) is 1. The number of hydrogen-bond acceptors (Lipinski definition) is 3. The topological polar surface area (TPSA) is 83.6 Å². The van der Waals surface area contributed by atoms with Crippen LogP contribution in [0.5, 0.6) is 5.75 Å². The van der Waals surface area contributed by atoms with Gasteiger partial charge in [-0.25, -0.2) is 4.79 Å². The molecule has 0 saturated carbocycles. The van der Waals surface area contributed by atoms with Crippen molar-refractivity contribution >= 4 is 83.2 Å². The Morgan fingerprint density at radius 3 is 2.05 bits per heavy atom. The summed E-state index contributed by atoms with van der Waals surface area (Å²) < 4.78 is 0. The predicted molar refractivity (Wildman–Crippen MR) is 86.5 cm³/mol. The van der Waals surface area contributed by atoms with E-state index in [2.05, 4.69) is 0 Å². The number of phenols is 1. The van der Waals surface area contributed by atoms with E-state index in [1.165, 1.54) is 12.1 Å². The van der Waals surface area contributed by atoms with Crippen LogP contribution >= 0.6 is 12.4 Å². The van der Waals surface area contributed by atoms with Crippen LogP contribution < -0.4 is 5.73 Å². The predicted octanol–water partition coefficient (Wildman–Crippen LogP) is 1.46. The molecular formula is C13H14ClNNa2O3. The van der Waals surface area contributed by atoms with Gasteiger partial charge in [-0.3, -0.25) is 0 Å². The summed E-state index contributed by atoms with van der Waals surface area (Å²) in [6.07, 6.45) is 0. The van der Waals surface area contributed by atoms with Gasteiger partial charge < -0.3 is 15.9 Å². The molecule has 0 saturated heterocycles. The van der Waals surface area contributed by atoms with Crippen molar-refractivity contribution in [3.05, 3.63) is 48.0 Å². The average molecular weight is 314 g/mol. The summed E-state index contributed by atoms with van der Waals surface area (Å²) in [5.41, 5.74) is 7.02. The number of rotatable bonds is 2. The van der Waals surface area contributed by atoms with E-state index in [4.69, 9.17) is 10.8 Å². The Morgan fingerprint density at radius 1 is 0.950 bits per heavy atom. The number of benzene rings is 2. The van der Waals surface area contributed by atoms with Gasteiger partial charge in [0.15, 0.2) is 0 Å². The standard InChI is InChI=1S/C13H11NO3.ClH.2Na.2H/c14-12-9(5-3-6-10(12)13(16)17)8-4-1-2-7-11(8)15;;;;;/h1-7,15H,14H2,(H,16,17);1H;;;;. The summed E-state index contributed by atoms with van der Waals surface area (Å²) in [5.74, 6) is -1.01. The van der Waals surface area contributed by atoms with Crippen molar-refractivity contribution < 1.29 is 15.0 Å². The molecule has 0 aliphatic heterocycles. The molecule has 20 heavy (non-hydrogen) atoms. The van der Waals surface area contributed by atoms with Crippen molar-refractivity contribution in [3.8, 4) is 16.9 Å². The van der Waals surface area contributed by atoms with Gasteiger partial charge >= 0.3 is 65.1 Å². The van der Waals surface area contributed by atoms with Crippen molar-refractivity contribution in [1.82, 2.24) is 0 Å². The maximum atomic E-state index is 10.9. The minimum atomic E-state index is -1.08. The van der Waals surface area contributed by atoms with Gasteiger partial charge in [0.2, 0.25) is 0 Å². The Morgan fingerprint density at radius 2 is 1.50 bits per heavy atom. The number of hydrogen-bond donors (Lipinski definition) is 3. The van der Waals surface area contributed by atoms with Crippen LogP contribution in [-0.2, 0) is 0 Å². The van der Waals surface area contributed by atoms with E-state index in [1.807, 2.05) is 0 Å². The molecule has 0 unspecified atom stereocenters. The van der Waals surface area contributed by atoms with Crippen LogP contribution in [0.1, 0.15) is 10.4 Å². The molecule has 0 fully saturated rings. The van der Waals surface area contributed by atoms with Gasteiger partial charge in [-0.15, -0.1) is 12.4 Å². The van der Waals surface area contributed by atoms with Crippen LogP contribution in [0.25, 0.3) is 11.1 Å². The molecule has 4 nitrogen and oxygen atoms in total. The summed E-state index contributed by atoms with van der Waals surface area (Å²) in [4.78, 5) is 10.9. The summed E-state index contributed by atoms with van der Waals surface area (Å²) in [6, 6.07) is 11.4. The van der Waals surface area contributed by atoms with Crippen LogP contribution in [0.3, 0.4) is 0 Å². The Hall–Kier alpha value is -0.200. The molecule has 2 aromatic rings. The van der Waals surface area contributed by atoms with E-state index < -0.39 is 5.97 Å². The zero-order valence-corrected chi connectivity index (χ0v) is 10.1. The molecule has 2 rings (SSSR count). The van der Waals surface area contributed by atoms with Crippen LogP contribution in [0.4, 0.5) is 5.69 Å². The minimum absolute atomic E-state index is 0. The third-order valence-electron chi connectivity index (χ3n) is 2.53. The molecule has 0 aliphatic carbocycles. The number of para-hydroxylation sites is 2. The molecule has 0 spiro atoms. The first-order chi connectivity index (χ1) is 8.11. The van der Waals surface area contributed by atoms with Crippen molar-refractivity contribution in [3.63, 3.8) is 0 Å². The average Bonchev–Trinajstić information content (AvgIpc) is 2.30. The number of anilines is 1. The van der Waals surface area contributed by atoms with Crippen molar-refractivity contribution in [2.24, 2.45) is 0 Å². The fraction of sp³-hybridized carbons (Fsp3) is 0. The molecule has 0 radical (unpaired) electrons. The summed E-state index contributed by atoms with van der Waals surface area (Å²) in [6.45, 7) is 0. The van der Waals surface area contributed by atoms with E-state index in [1.54, 1.807) is 30.3 Å². The van der Waals surface area contributed by atoms with Crippen LogP contribution in [0.2, 0.25) is 0 Å². The first kappa shape index (κ1) is 22.1. The normalized spacial score (nSPS) is 8.60. The van der Waals surface area contributed by atoms with Crippen molar-refractivity contribution in [2.45, 2.75) is 0 Å². The molecule has 0 heterocycles. The monoisotopic (exact) mass is 313 g/mol. The number of nitrogen functional groups attached to an aromatic ring is 1. The molecule has 0 aliphatic rings. The van der Waals surface area contributed by atoms with Crippen molar-refractivity contribution in [2.75, 3.05) is 5.73 Å². The van der Waals surface area contributed by atoms with Gasteiger partial charge in [-0.05, 0) is 12.1 Å². The first-order valence-electron chi connectivity index (χ1n) is 5.01. The molecule has 98 valence electrons. The van der Waals surface area contributed by atoms with Crippen LogP contribution in [0, 0.1) is 0 Å². The number of halogens is 1. The van der Waals surface area contributed by atoms with E-state index in [9.17, 15) is 9.90 Å². The van der Waals surface area contributed by atoms with Gasteiger partial charge in [0.25, 0.3) is 0 Å². The van der Waals surface area contributed by atoms with Crippen LogP contribution in [0.15, 0.2) is 42.5 Å². The van der Waals surface area contributed by atoms with Crippen molar-refractivity contribution in [1.29, 1.82) is 0 Å². The van der Waals surface area contributed by atoms with Gasteiger partial charge in [0, 0.05) is 11.1 Å². The van der Waals surface area contributed by atoms with Crippen LogP contribution in [-0.4, -0.2) is 75.3 Å². The second kappa shape index (κ2) is 9.68. The summed E-state index contributed by atoms with van der Waals surface area (Å²) in [7, 11) is 0. The molecule has 7 heteroatoms. The molecule has 0 amide bonds. The van der Waals surface area contributed by atoms with E-state index >= 15 is 0 Å². The summed E-state index contributed by atoms with van der Waals surface area (Å²) in [5, 5.41) is 18.7. The Labute approximate surface area is 167 Å². The molecule has 0 bridgehead atoms. The molecule has 4 N–H and O–H groups in total. The van der Waals surface area contributed by atoms with Gasteiger partial charge in [-0.1, -0.05) is 30.3 Å². The SMILES string of the molecule is Cl.Nc1c(C(=O)O)cccc1-c1ccccc1O.[NaH].[NaH]. The summed E-state index contributed by atoms with van der Waals surface area (Å²) >= 11 is 0. The zero-order chi connectivity index (χ0) is 12.4. The fourth-order valence-corrected chi connectivity index (χ4v) is 1.69. The fourth-order valence-electron chi connectivity index (χ4n) is 1.69. The Balaban J connectivity index is 0. The van der Waals surface area contributed by atoms with E-state index in [-0.39, 0.29) is 88.5 Å². The van der Waals surface area contributed by atoms with E-state index in [0.717, 1.165) is 0 Å². The Kier molecular flexibility index (Phi) is 10.7. The van der Waals surface area contributed by atoms with Gasteiger partial charge in [-0.2, -0.15) is 0 Å². The second-order valence-electron chi connectivity index (χ2n) is 3.59. The third-order valence-corrected chi connectivity index (χ3v) is 2.53. The number of carboxylic acids is 1. The number of nitrogens with two attached hydrogens (primary N) is 1. The number of carbonyl (C=O) groups is 1.